The van der Waals surface area contributed by atoms with Crippen molar-refractivity contribution >= 4 is 28.7 Å². The number of aromatic nitrogens is 4. The number of aromatic amines is 1. The minimum absolute atomic E-state index is 0.436. The predicted molar refractivity (Wildman–Crippen MR) is 57.1 cm³/mol. The zero-order valence-corrected chi connectivity index (χ0v) is 8.80. The fourth-order valence-electron chi connectivity index (χ4n) is 1.10. The second-order valence-electron chi connectivity index (χ2n) is 3.16. The van der Waals surface area contributed by atoms with Crippen LogP contribution in [0.5, 0.6) is 0 Å². The number of nitrogens with zero attached hydrogens (tertiary/aromatic N) is 3. The lowest BCUT2D eigenvalue weighted by Crippen LogP contribution is -1.98. The van der Waals surface area contributed by atoms with Crippen molar-refractivity contribution in [2.75, 3.05) is 5.73 Å². The van der Waals surface area contributed by atoms with Crippen molar-refractivity contribution in [2.45, 2.75) is 24.3 Å². The number of nitrogen functional groups attached to an aromatic ring is 1. The van der Waals surface area contributed by atoms with Crippen LogP contribution in [0.1, 0.15) is 13.8 Å². The number of nitrogens with one attached hydrogen (secondary N) is 1. The van der Waals surface area contributed by atoms with Crippen LogP contribution in [0.3, 0.4) is 0 Å². The SMILES string of the molecule is CC(C)Sc1nc(N)c2[nH]cnc2n1. The number of anilines is 1. The van der Waals surface area contributed by atoms with Crippen molar-refractivity contribution in [3.05, 3.63) is 6.33 Å². The molecule has 14 heavy (non-hydrogen) atoms. The van der Waals surface area contributed by atoms with E-state index in [9.17, 15) is 0 Å². The minimum atomic E-state index is 0.436. The fourth-order valence-corrected chi connectivity index (χ4v) is 1.81. The standard InChI is InChI=1S/C8H11N5S/c1-4(2)14-8-12-6(9)5-7(13-8)11-3-10-5/h3-4H,1-2H3,(H3,9,10,11,12,13). The van der Waals surface area contributed by atoms with Gasteiger partial charge in [-0.1, -0.05) is 25.6 Å². The molecule has 0 aliphatic carbocycles. The Morgan fingerprint density at radius 1 is 1.43 bits per heavy atom. The van der Waals surface area contributed by atoms with Crippen molar-refractivity contribution in [3.63, 3.8) is 0 Å². The van der Waals surface area contributed by atoms with Gasteiger partial charge in [0, 0.05) is 5.25 Å². The fraction of sp³-hybridized carbons (Fsp3) is 0.375. The van der Waals surface area contributed by atoms with E-state index in [-0.39, 0.29) is 0 Å². The molecule has 0 saturated heterocycles. The van der Waals surface area contributed by atoms with Gasteiger partial charge in [-0.05, 0) is 0 Å². The lowest BCUT2D eigenvalue weighted by molar-refractivity contribution is 0.983. The van der Waals surface area contributed by atoms with Crippen LogP contribution in [-0.2, 0) is 0 Å². The van der Waals surface area contributed by atoms with E-state index in [1.54, 1.807) is 18.1 Å². The molecular weight excluding hydrogens is 198 g/mol. The topological polar surface area (TPSA) is 80.5 Å². The van der Waals surface area contributed by atoms with Crippen molar-refractivity contribution in [1.82, 2.24) is 19.9 Å². The van der Waals surface area contributed by atoms with E-state index in [2.05, 4.69) is 33.8 Å². The molecule has 0 amide bonds. The smallest absolute Gasteiger partial charge is 0.191 e. The van der Waals surface area contributed by atoms with E-state index in [1.807, 2.05) is 0 Å². The van der Waals surface area contributed by atoms with Gasteiger partial charge in [0.1, 0.15) is 5.52 Å². The summed E-state index contributed by atoms with van der Waals surface area (Å²) in [5.74, 6) is 0.454. The maximum Gasteiger partial charge on any atom is 0.191 e. The van der Waals surface area contributed by atoms with Gasteiger partial charge in [0.2, 0.25) is 0 Å². The van der Waals surface area contributed by atoms with Gasteiger partial charge in [-0.2, -0.15) is 0 Å². The Kier molecular flexibility index (Phi) is 2.28. The van der Waals surface area contributed by atoms with E-state index < -0.39 is 0 Å². The molecule has 6 heteroatoms. The summed E-state index contributed by atoms with van der Waals surface area (Å²) in [6, 6.07) is 0. The number of imidazole rings is 1. The summed E-state index contributed by atoms with van der Waals surface area (Å²) in [5, 5.41) is 1.11. The van der Waals surface area contributed by atoms with Crippen molar-refractivity contribution in [3.8, 4) is 0 Å². The largest absolute Gasteiger partial charge is 0.382 e. The second kappa shape index (κ2) is 3.45. The molecule has 2 rings (SSSR count). The number of H-pyrrole nitrogens is 1. The first kappa shape index (κ1) is 9.26. The Morgan fingerprint density at radius 2 is 2.21 bits per heavy atom. The Balaban J connectivity index is 2.47. The summed E-state index contributed by atoms with van der Waals surface area (Å²) < 4.78 is 0. The number of rotatable bonds is 2. The molecule has 2 aromatic rings. The zero-order valence-electron chi connectivity index (χ0n) is 7.98. The van der Waals surface area contributed by atoms with Gasteiger partial charge in [0.05, 0.1) is 6.33 Å². The monoisotopic (exact) mass is 209 g/mol. The molecule has 0 radical (unpaired) electrons. The molecule has 5 nitrogen and oxygen atoms in total. The maximum atomic E-state index is 5.74. The van der Waals surface area contributed by atoms with Crippen LogP contribution in [0, 0.1) is 0 Å². The van der Waals surface area contributed by atoms with Crippen LogP contribution >= 0.6 is 11.8 Å². The molecule has 0 bridgehead atoms. The van der Waals surface area contributed by atoms with Crippen LogP contribution in [0.25, 0.3) is 11.2 Å². The molecule has 2 aromatic heterocycles. The van der Waals surface area contributed by atoms with Gasteiger partial charge >= 0.3 is 0 Å². The summed E-state index contributed by atoms with van der Waals surface area (Å²) in [5.41, 5.74) is 7.07. The van der Waals surface area contributed by atoms with Crippen molar-refractivity contribution < 1.29 is 0 Å². The molecular formula is C8H11N5S. The minimum Gasteiger partial charge on any atom is -0.382 e. The quantitative estimate of drug-likeness (QED) is 0.577. The van der Waals surface area contributed by atoms with Crippen LogP contribution in [0.2, 0.25) is 0 Å². The highest BCUT2D eigenvalue weighted by Crippen LogP contribution is 2.22. The van der Waals surface area contributed by atoms with Crippen LogP contribution < -0.4 is 5.73 Å². The Labute approximate surface area is 85.5 Å². The van der Waals surface area contributed by atoms with Crippen LogP contribution in [-0.4, -0.2) is 25.2 Å². The average molecular weight is 209 g/mol. The lowest BCUT2D eigenvalue weighted by Gasteiger charge is -2.03. The van der Waals surface area contributed by atoms with Gasteiger partial charge in [-0.25, -0.2) is 15.0 Å². The van der Waals surface area contributed by atoms with E-state index in [1.165, 1.54) is 0 Å². The highest BCUT2D eigenvalue weighted by atomic mass is 32.2. The van der Waals surface area contributed by atoms with E-state index in [0.717, 1.165) is 0 Å². The highest BCUT2D eigenvalue weighted by Gasteiger charge is 2.08. The third-order valence-corrected chi connectivity index (χ3v) is 2.50. The summed E-state index contributed by atoms with van der Waals surface area (Å²) in [4.78, 5) is 15.4. The van der Waals surface area contributed by atoms with E-state index in [4.69, 9.17) is 5.73 Å². The maximum absolute atomic E-state index is 5.74. The van der Waals surface area contributed by atoms with E-state index >= 15 is 0 Å². The first-order chi connectivity index (χ1) is 6.66. The molecule has 0 fully saturated rings. The molecule has 0 spiro atoms. The molecule has 0 saturated carbocycles. The molecule has 2 heterocycles. The van der Waals surface area contributed by atoms with Crippen LogP contribution in [0.4, 0.5) is 5.82 Å². The normalized spacial score (nSPS) is 11.4. The average Bonchev–Trinajstić information content (AvgIpc) is 2.50. The van der Waals surface area contributed by atoms with Crippen molar-refractivity contribution in [1.29, 1.82) is 0 Å². The number of hydrogen-bond donors (Lipinski definition) is 2. The summed E-state index contributed by atoms with van der Waals surface area (Å²) in [7, 11) is 0. The molecule has 3 N–H and O–H groups in total. The molecule has 0 aliphatic rings. The third-order valence-electron chi connectivity index (χ3n) is 1.63. The number of thioether (sulfide) groups is 1. The predicted octanol–water partition coefficient (Wildman–Crippen LogP) is 1.44. The van der Waals surface area contributed by atoms with E-state index in [0.29, 0.717) is 27.4 Å². The molecule has 0 unspecified atom stereocenters. The molecule has 74 valence electrons. The van der Waals surface area contributed by atoms with Gasteiger partial charge in [-0.15, -0.1) is 0 Å². The first-order valence-electron chi connectivity index (χ1n) is 4.30. The molecule has 0 atom stereocenters. The zero-order chi connectivity index (χ0) is 10.1. The van der Waals surface area contributed by atoms with Crippen molar-refractivity contribution in [2.24, 2.45) is 0 Å². The third kappa shape index (κ3) is 1.65. The molecule has 0 aromatic carbocycles. The Bertz CT molecular complexity index is 450. The second-order valence-corrected chi connectivity index (χ2v) is 4.70. The highest BCUT2D eigenvalue weighted by molar-refractivity contribution is 7.99. The lowest BCUT2D eigenvalue weighted by atomic mass is 10.5. The van der Waals surface area contributed by atoms with Crippen LogP contribution in [0.15, 0.2) is 11.5 Å². The summed E-state index contributed by atoms with van der Waals surface area (Å²) in [6.45, 7) is 4.16. The summed E-state index contributed by atoms with van der Waals surface area (Å²) >= 11 is 1.57. The molecule has 0 aliphatic heterocycles. The Morgan fingerprint density at radius 3 is 2.93 bits per heavy atom. The van der Waals surface area contributed by atoms with Gasteiger partial charge in [0.15, 0.2) is 16.6 Å². The van der Waals surface area contributed by atoms with Gasteiger partial charge in [0.25, 0.3) is 0 Å². The first-order valence-corrected chi connectivity index (χ1v) is 5.18. The Hall–Kier alpha value is -1.30. The number of nitrogens with two attached hydrogens (primary N) is 1. The van der Waals surface area contributed by atoms with Gasteiger partial charge in [-0.3, -0.25) is 0 Å². The number of hydrogen-bond acceptors (Lipinski definition) is 5. The van der Waals surface area contributed by atoms with Gasteiger partial charge < -0.3 is 10.7 Å². The summed E-state index contributed by atoms with van der Waals surface area (Å²) in [6.07, 6.45) is 1.57. The number of fused-ring (bicyclic) bond motifs is 1.